The second-order valence-electron chi connectivity index (χ2n) is 19.3. The summed E-state index contributed by atoms with van der Waals surface area (Å²) in [6.07, 6.45) is 8.40. The summed E-state index contributed by atoms with van der Waals surface area (Å²) in [6.45, 7) is 12.8. The number of pyridine rings is 2. The van der Waals surface area contributed by atoms with Gasteiger partial charge in [-0.1, -0.05) is 12.8 Å². The minimum Gasteiger partial charge on any atom is -0.479 e. The van der Waals surface area contributed by atoms with E-state index < -0.39 is 35.4 Å². The van der Waals surface area contributed by atoms with Crippen molar-refractivity contribution in [1.82, 2.24) is 35.3 Å². The molecule has 0 aromatic carbocycles. The molecule has 1 fully saturated rings. The summed E-state index contributed by atoms with van der Waals surface area (Å²) in [5.41, 5.74) is 6.52. The number of allylic oxidation sites excluding steroid dienone is 2. The second-order valence-corrected chi connectivity index (χ2v) is 19.3. The third-order valence-electron chi connectivity index (χ3n) is 13.9. The molecule has 7 rings (SSSR count). The van der Waals surface area contributed by atoms with Gasteiger partial charge in [0.1, 0.15) is 57.1 Å². The number of hydrogen-bond donors (Lipinski definition) is 8. The Hall–Kier alpha value is -7.92. The van der Waals surface area contributed by atoms with Gasteiger partial charge in [0, 0.05) is 98.8 Å². The number of nitrogens with one attached hydrogen (secondary N) is 2. The van der Waals surface area contributed by atoms with E-state index in [2.05, 4.69) is 20.6 Å². The first-order valence-corrected chi connectivity index (χ1v) is 24.9. The maximum absolute atomic E-state index is 13.6. The van der Waals surface area contributed by atoms with E-state index in [1.165, 1.54) is 32.2 Å². The van der Waals surface area contributed by atoms with Gasteiger partial charge in [-0.3, -0.25) is 19.5 Å². The van der Waals surface area contributed by atoms with E-state index >= 15 is 0 Å². The highest BCUT2D eigenvalue weighted by molar-refractivity contribution is 5.99. The molecule has 2 aliphatic heterocycles. The molecule has 76 heavy (non-hydrogen) atoms. The minimum absolute atomic E-state index is 0.0354. The van der Waals surface area contributed by atoms with Crippen LogP contribution in [-0.4, -0.2) is 150 Å². The maximum Gasteiger partial charge on any atom is 0.354 e. The zero-order chi connectivity index (χ0) is 55.2. The number of nitrogens with two attached hydrogens (primary N) is 1. The molecule has 2 aliphatic rings. The van der Waals surface area contributed by atoms with E-state index in [9.17, 15) is 54.3 Å². The molecule has 1 amide bonds. The number of hydrogen-bond acceptors (Lipinski definition) is 16. The first-order chi connectivity index (χ1) is 36.1. The molecule has 404 valence electrons. The first kappa shape index (κ1) is 55.8. The van der Waals surface area contributed by atoms with Crippen LogP contribution in [0, 0.1) is 41.5 Å². The number of carboxylic acids is 5. The van der Waals surface area contributed by atoms with Crippen molar-refractivity contribution in [1.29, 1.82) is 0 Å². The Morgan fingerprint density at radius 2 is 1.05 bits per heavy atom. The maximum atomic E-state index is 13.6. The Labute approximate surface area is 437 Å². The summed E-state index contributed by atoms with van der Waals surface area (Å²) in [5, 5.41) is 57.3. The number of carboxylic acid groups (broad SMARTS) is 5. The van der Waals surface area contributed by atoms with Crippen molar-refractivity contribution < 1.29 is 67.6 Å². The molecule has 9 N–H and O–H groups in total. The van der Waals surface area contributed by atoms with Crippen LogP contribution in [0.25, 0.3) is 28.2 Å². The average molecular weight is 1050 g/mol. The van der Waals surface area contributed by atoms with E-state index in [0.717, 1.165) is 25.7 Å². The lowest BCUT2D eigenvalue weighted by atomic mass is 9.91. The lowest BCUT2D eigenvalue weighted by Gasteiger charge is -2.36. The van der Waals surface area contributed by atoms with Gasteiger partial charge in [-0.05, 0) is 104 Å². The van der Waals surface area contributed by atoms with E-state index in [4.69, 9.17) is 19.0 Å². The molecule has 5 aromatic rings. The summed E-state index contributed by atoms with van der Waals surface area (Å²) >= 11 is 0. The number of amides is 1. The fourth-order valence-corrected chi connectivity index (χ4v) is 10.0. The Morgan fingerprint density at radius 1 is 0.605 bits per heavy atom. The van der Waals surface area contributed by atoms with Crippen molar-refractivity contribution in [3.05, 3.63) is 122 Å². The number of unbranched alkanes of at least 4 members (excludes halogenated alkanes) is 3. The molecule has 5 aromatic heterocycles. The minimum atomic E-state index is -1.72. The number of aromatic carboxylic acids is 4. The van der Waals surface area contributed by atoms with Crippen LogP contribution in [0.3, 0.4) is 0 Å². The molecule has 0 spiro atoms. The van der Waals surface area contributed by atoms with Gasteiger partial charge < -0.3 is 55.2 Å². The Kier molecular flexibility index (Phi) is 17.4. The Morgan fingerprint density at radius 3 is 1.50 bits per heavy atom. The molecule has 22 heteroatoms. The Bertz CT molecular complexity index is 2990. The lowest BCUT2D eigenvalue weighted by Crippen LogP contribution is -2.58. The molecular weight excluding hydrogens is 985 g/mol. The average Bonchev–Trinajstić information content (AvgIpc) is 3.99. The summed E-state index contributed by atoms with van der Waals surface area (Å²) in [5.74, 6) is -5.11. The number of aliphatic carboxylic acids is 1. The summed E-state index contributed by atoms with van der Waals surface area (Å²) in [6, 6.07) is 5.92. The van der Waals surface area contributed by atoms with Gasteiger partial charge in [0.2, 0.25) is 0 Å². The van der Waals surface area contributed by atoms with E-state index in [-0.39, 0.29) is 71.1 Å². The van der Waals surface area contributed by atoms with Crippen molar-refractivity contribution in [3.8, 4) is 22.6 Å². The SMILES string of the molecule is Cc1oc(C2=CC(CN3CCN(Cc4cc(-c5oc(C)c(C(=O)O)c5C)cc(C(=O)O)n4)CCN(Cc4cc(-c5oc(C)c(C(=O)O)c5C)cc(C(=O)O)n4)CC3)(C(=O)O)NC=C2)c(C)c1C(=O)NCCCCCCN. The van der Waals surface area contributed by atoms with Crippen LogP contribution in [0.2, 0.25) is 0 Å². The largest absolute Gasteiger partial charge is 0.479 e. The highest BCUT2D eigenvalue weighted by Gasteiger charge is 2.41. The monoisotopic (exact) mass is 1050 g/mol. The van der Waals surface area contributed by atoms with Crippen LogP contribution in [0.4, 0.5) is 0 Å². The number of carbonyl (C=O) groups excluding carboxylic acids is 1. The predicted octanol–water partition coefficient (Wildman–Crippen LogP) is 6.13. The molecular formula is C54H64N8O14. The van der Waals surface area contributed by atoms with Crippen molar-refractivity contribution in [2.24, 2.45) is 5.73 Å². The van der Waals surface area contributed by atoms with Gasteiger partial charge in [-0.15, -0.1) is 0 Å². The van der Waals surface area contributed by atoms with Crippen LogP contribution in [0.15, 0.2) is 55.9 Å². The lowest BCUT2D eigenvalue weighted by molar-refractivity contribution is -0.143. The summed E-state index contributed by atoms with van der Waals surface area (Å²) in [7, 11) is 0. The third-order valence-corrected chi connectivity index (χ3v) is 13.9. The van der Waals surface area contributed by atoms with E-state index in [1.54, 1.807) is 52.0 Å². The summed E-state index contributed by atoms with van der Waals surface area (Å²) in [4.78, 5) is 91.2. The Balaban J connectivity index is 1.22. The van der Waals surface area contributed by atoms with Crippen LogP contribution < -0.4 is 16.4 Å². The third kappa shape index (κ3) is 12.4. The highest BCUT2D eigenvalue weighted by Crippen LogP contribution is 2.35. The number of furan rings is 3. The number of dihydropyridines is 1. The predicted molar refractivity (Wildman–Crippen MR) is 276 cm³/mol. The first-order valence-electron chi connectivity index (χ1n) is 24.9. The van der Waals surface area contributed by atoms with Gasteiger partial charge in [-0.2, -0.15) is 0 Å². The normalized spacial score (nSPS) is 16.6. The fraction of sp³-hybridized carbons (Fsp3) is 0.407. The van der Waals surface area contributed by atoms with Crippen LogP contribution in [0.1, 0.15) is 129 Å². The molecule has 1 atom stereocenters. The van der Waals surface area contributed by atoms with E-state index in [0.29, 0.717) is 114 Å². The van der Waals surface area contributed by atoms with Gasteiger partial charge in [0.25, 0.3) is 5.91 Å². The number of aromatic nitrogens is 2. The molecule has 0 aliphatic carbocycles. The zero-order valence-corrected chi connectivity index (χ0v) is 43.4. The van der Waals surface area contributed by atoms with Crippen LogP contribution in [0.5, 0.6) is 0 Å². The molecule has 1 saturated heterocycles. The van der Waals surface area contributed by atoms with Crippen LogP contribution >= 0.6 is 0 Å². The second kappa shape index (κ2) is 23.7. The quantitative estimate of drug-likeness (QED) is 0.0383. The molecule has 0 saturated carbocycles. The van der Waals surface area contributed by atoms with Crippen molar-refractivity contribution in [2.45, 2.75) is 85.9 Å². The molecule has 7 heterocycles. The van der Waals surface area contributed by atoms with Gasteiger partial charge in [0.05, 0.1) is 17.0 Å². The standard InChI is InChI=1S/C54H64N8O14/c1-29-42(48(63)56-13-10-8-7-9-12-55)32(4)74-45(29)35-11-14-57-54(25-35,53(72)73)28-62-19-17-60(26-38-21-36(23-40(58-38)49(64)65)46-30(2)43(51(68)69)33(5)75-46)15-16-61(18-20-62)27-39-22-37(24-41(59-39)50(66)67)47-31(3)44(52(70)71)34(6)76-47/h11,14,21-25,57H,7-10,12-13,15-20,26-28,55H2,1-6H3,(H,56,63)(H,64,65)(H,66,67)(H,68,69)(H,70,71)(H,72,73). The number of carbonyl (C=O) groups is 6. The molecule has 1 unspecified atom stereocenters. The fourth-order valence-electron chi connectivity index (χ4n) is 10.0. The van der Waals surface area contributed by atoms with Gasteiger partial charge >= 0.3 is 29.8 Å². The van der Waals surface area contributed by atoms with Gasteiger partial charge in [0.15, 0.2) is 5.54 Å². The molecule has 0 radical (unpaired) electrons. The smallest absolute Gasteiger partial charge is 0.354 e. The van der Waals surface area contributed by atoms with Crippen molar-refractivity contribution in [3.63, 3.8) is 0 Å². The highest BCUT2D eigenvalue weighted by atomic mass is 16.4. The topological polar surface area (TPSA) is 329 Å². The van der Waals surface area contributed by atoms with Crippen molar-refractivity contribution >= 4 is 41.3 Å². The van der Waals surface area contributed by atoms with Gasteiger partial charge in [-0.25, -0.2) is 33.9 Å². The zero-order valence-electron chi connectivity index (χ0n) is 43.4. The molecule has 22 nitrogen and oxygen atoms in total. The molecule has 0 bridgehead atoms. The number of nitrogens with zero attached hydrogens (tertiary/aromatic N) is 5. The van der Waals surface area contributed by atoms with Crippen LogP contribution in [-0.2, 0) is 17.9 Å². The number of aryl methyl sites for hydroxylation is 3. The van der Waals surface area contributed by atoms with E-state index in [1.807, 2.05) is 14.7 Å². The number of rotatable bonds is 21. The van der Waals surface area contributed by atoms with Crippen molar-refractivity contribution in [2.75, 3.05) is 58.9 Å². The summed E-state index contributed by atoms with van der Waals surface area (Å²) < 4.78 is 18.0.